The molecule has 3 heterocycles. The fourth-order valence-corrected chi connectivity index (χ4v) is 3.77. The Morgan fingerprint density at radius 1 is 1.21 bits per heavy atom. The number of fused-ring (bicyclic) bond motifs is 3. The Labute approximate surface area is 161 Å². The molecular formula is C18H14F3N5OS. The maximum absolute atomic E-state index is 13.1. The van der Waals surface area contributed by atoms with Gasteiger partial charge in [-0.2, -0.15) is 17.7 Å². The van der Waals surface area contributed by atoms with Crippen LogP contribution < -0.4 is 0 Å². The highest BCUT2D eigenvalue weighted by molar-refractivity contribution is 7.09. The lowest BCUT2D eigenvalue weighted by Gasteiger charge is -2.23. The molecule has 0 atom stereocenters. The third-order valence-electron chi connectivity index (χ3n) is 4.32. The second kappa shape index (κ2) is 6.86. The van der Waals surface area contributed by atoms with Crippen molar-refractivity contribution >= 4 is 33.8 Å². The minimum Gasteiger partial charge on any atom is -0.325 e. The van der Waals surface area contributed by atoms with Gasteiger partial charge < -0.3 is 4.90 Å². The van der Waals surface area contributed by atoms with Crippen LogP contribution in [0.1, 0.15) is 16.0 Å². The first-order chi connectivity index (χ1) is 13.3. The Hall–Kier alpha value is -3.01. The van der Waals surface area contributed by atoms with E-state index in [0.29, 0.717) is 16.1 Å². The maximum atomic E-state index is 13.1. The first-order valence-electron chi connectivity index (χ1n) is 8.32. The molecule has 4 rings (SSSR count). The number of hydrogen-bond donors (Lipinski definition) is 0. The second-order valence-corrected chi connectivity index (χ2v) is 7.42. The van der Waals surface area contributed by atoms with Crippen molar-refractivity contribution in [2.45, 2.75) is 26.2 Å². The average Bonchev–Trinajstić information content (AvgIpc) is 3.32. The molecule has 0 saturated carbocycles. The number of tetrazole rings is 1. The number of halogens is 3. The zero-order chi connectivity index (χ0) is 19.9. The number of carbonyl (C=O) groups excluding carboxylic acids is 1. The molecule has 0 fully saturated rings. The van der Waals surface area contributed by atoms with Gasteiger partial charge in [0.1, 0.15) is 0 Å². The maximum Gasteiger partial charge on any atom is 0.471 e. The van der Waals surface area contributed by atoms with E-state index in [2.05, 4.69) is 15.5 Å². The lowest BCUT2D eigenvalue weighted by Crippen LogP contribution is -2.40. The van der Waals surface area contributed by atoms with Crippen molar-refractivity contribution in [3.8, 4) is 0 Å². The number of aryl methyl sites for hydroxylation is 1. The third kappa shape index (κ3) is 3.42. The average molecular weight is 405 g/mol. The quantitative estimate of drug-likeness (QED) is 0.519. The van der Waals surface area contributed by atoms with Crippen molar-refractivity contribution in [1.29, 1.82) is 0 Å². The predicted molar refractivity (Wildman–Crippen MR) is 97.7 cm³/mol. The van der Waals surface area contributed by atoms with Gasteiger partial charge >= 0.3 is 12.1 Å². The minimum absolute atomic E-state index is 0.143. The van der Waals surface area contributed by atoms with Crippen molar-refractivity contribution in [1.82, 2.24) is 24.9 Å². The van der Waals surface area contributed by atoms with Gasteiger partial charge in [-0.3, -0.25) is 4.79 Å². The molecule has 0 radical (unpaired) electrons. The minimum atomic E-state index is -4.96. The number of amides is 1. The van der Waals surface area contributed by atoms with Crippen LogP contribution in [0.2, 0.25) is 0 Å². The summed E-state index contributed by atoms with van der Waals surface area (Å²) in [5, 5.41) is 14.1. The first-order valence-corrected chi connectivity index (χ1v) is 9.20. The summed E-state index contributed by atoms with van der Waals surface area (Å²) in [6.07, 6.45) is -4.96. The normalized spacial score (nSPS) is 12.0. The Kier molecular flexibility index (Phi) is 4.50. The molecule has 0 aliphatic heterocycles. The number of carbonyl (C=O) groups is 1. The number of rotatable bonds is 4. The van der Waals surface area contributed by atoms with Gasteiger partial charge in [0.05, 0.1) is 18.6 Å². The molecule has 0 bridgehead atoms. The van der Waals surface area contributed by atoms with Crippen LogP contribution >= 0.6 is 11.3 Å². The SMILES string of the molecule is Cc1ccc2cc(CN(Cc3cccs3)C(=O)C(F)(F)F)c3nnnn3c2c1. The van der Waals surface area contributed by atoms with E-state index in [1.807, 2.05) is 25.1 Å². The summed E-state index contributed by atoms with van der Waals surface area (Å²) in [5.74, 6) is -1.89. The highest BCUT2D eigenvalue weighted by atomic mass is 32.1. The van der Waals surface area contributed by atoms with E-state index >= 15 is 0 Å². The third-order valence-corrected chi connectivity index (χ3v) is 5.18. The van der Waals surface area contributed by atoms with Gasteiger partial charge in [0.15, 0.2) is 5.65 Å². The predicted octanol–water partition coefficient (Wildman–Crippen LogP) is 3.74. The number of hydrogen-bond acceptors (Lipinski definition) is 5. The fraction of sp³-hybridized carbons (Fsp3) is 0.222. The van der Waals surface area contributed by atoms with Crippen molar-refractivity contribution < 1.29 is 18.0 Å². The molecule has 28 heavy (non-hydrogen) atoms. The van der Waals surface area contributed by atoms with Gasteiger partial charge in [0.25, 0.3) is 0 Å². The zero-order valence-corrected chi connectivity index (χ0v) is 15.5. The topological polar surface area (TPSA) is 63.4 Å². The van der Waals surface area contributed by atoms with Crippen molar-refractivity contribution in [2.24, 2.45) is 0 Å². The summed E-state index contributed by atoms with van der Waals surface area (Å²) < 4.78 is 40.9. The second-order valence-electron chi connectivity index (χ2n) is 6.38. The molecule has 0 saturated heterocycles. The molecule has 6 nitrogen and oxygen atoms in total. The number of aromatic nitrogens is 4. The van der Waals surface area contributed by atoms with E-state index in [1.165, 1.54) is 15.9 Å². The van der Waals surface area contributed by atoms with Gasteiger partial charge in [-0.05, 0) is 46.5 Å². The first kappa shape index (κ1) is 18.4. The molecule has 1 aromatic carbocycles. The van der Waals surface area contributed by atoms with E-state index in [-0.39, 0.29) is 13.1 Å². The van der Waals surface area contributed by atoms with Crippen LogP contribution in [0.4, 0.5) is 13.2 Å². The molecule has 0 spiro atoms. The van der Waals surface area contributed by atoms with Crippen LogP contribution in [0.3, 0.4) is 0 Å². The largest absolute Gasteiger partial charge is 0.471 e. The van der Waals surface area contributed by atoms with Gasteiger partial charge in [-0.25, -0.2) is 0 Å². The Morgan fingerprint density at radius 3 is 2.75 bits per heavy atom. The lowest BCUT2D eigenvalue weighted by atomic mass is 10.1. The number of thiophene rings is 1. The molecule has 0 N–H and O–H groups in total. The van der Waals surface area contributed by atoms with Gasteiger partial charge in [0, 0.05) is 15.8 Å². The summed E-state index contributed by atoms with van der Waals surface area (Å²) in [5.41, 5.74) is 2.51. The highest BCUT2D eigenvalue weighted by Crippen LogP contribution is 2.26. The summed E-state index contributed by atoms with van der Waals surface area (Å²) in [6.45, 7) is 1.52. The number of nitrogens with zero attached hydrogens (tertiary/aromatic N) is 5. The van der Waals surface area contributed by atoms with Gasteiger partial charge in [0.2, 0.25) is 0 Å². The Bertz CT molecular complexity index is 1150. The van der Waals surface area contributed by atoms with Crippen LogP contribution in [0.25, 0.3) is 16.6 Å². The molecule has 10 heteroatoms. The van der Waals surface area contributed by atoms with E-state index in [1.54, 1.807) is 23.6 Å². The Balaban J connectivity index is 1.79. The summed E-state index contributed by atoms with van der Waals surface area (Å²) in [4.78, 5) is 13.5. The van der Waals surface area contributed by atoms with Crippen molar-refractivity contribution in [3.63, 3.8) is 0 Å². The molecule has 3 aromatic heterocycles. The van der Waals surface area contributed by atoms with Crippen LogP contribution in [0, 0.1) is 6.92 Å². The standard InChI is InChI=1S/C18H14F3N5OS/c1-11-4-5-12-8-13(16-22-23-24-26(16)15(12)7-11)9-25(17(27)18(19,20)21)10-14-3-2-6-28-14/h2-8H,9-10H2,1H3. The number of alkyl halides is 3. The van der Waals surface area contributed by atoms with Crippen LogP contribution in [-0.4, -0.2) is 37.0 Å². The van der Waals surface area contributed by atoms with E-state index in [0.717, 1.165) is 21.4 Å². The molecular weight excluding hydrogens is 391 g/mol. The number of benzene rings is 1. The number of pyridine rings is 1. The molecule has 144 valence electrons. The van der Waals surface area contributed by atoms with Gasteiger partial charge in [-0.15, -0.1) is 16.4 Å². The molecule has 0 aliphatic carbocycles. The summed E-state index contributed by atoms with van der Waals surface area (Å²) in [7, 11) is 0. The summed E-state index contributed by atoms with van der Waals surface area (Å²) in [6, 6.07) is 10.8. The lowest BCUT2D eigenvalue weighted by molar-refractivity contribution is -0.186. The Morgan fingerprint density at radius 2 is 2.04 bits per heavy atom. The van der Waals surface area contributed by atoms with Crippen molar-refractivity contribution in [3.05, 3.63) is 57.8 Å². The van der Waals surface area contributed by atoms with Crippen LogP contribution in [0.15, 0.2) is 41.8 Å². The van der Waals surface area contributed by atoms with E-state index in [4.69, 9.17) is 0 Å². The van der Waals surface area contributed by atoms with Crippen LogP contribution in [0.5, 0.6) is 0 Å². The molecule has 0 aliphatic rings. The smallest absolute Gasteiger partial charge is 0.325 e. The molecule has 1 amide bonds. The molecule has 0 unspecified atom stereocenters. The fourth-order valence-electron chi connectivity index (χ4n) is 3.05. The van der Waals surface area contributed by atoms with Gasteiger partial charge in [-0.1, -0.05) is 18.2 Å². The van der Waals surface area contributed by atoms with E-state index < -0.39 is 12.1 Å². The molecule has 4 aromatic rings. The monoisotopic (exact) mass is 405 g/mol. The zero-order valence-electron chi connectivity index (χ0n) is 14.6. The van der Waals surface area contributed by atoms with E-state index in [9.17, 15) is 18.0 Å². The van der Waals surface area contributed by atoms with Crippen LogP contribution in [-0.2, 0) is 17.9 Å². The van der Waals surface area contributed by atoms with Crippen molar-refractivity contribution in [2.75, 3.05) is 0 Å². The summed E-state index contributed by atoms with van der Waals surface area (Å²) >= 11 is 1.29. The highest BCUT2D eigenvalue weighted by Gasteiger charge is 2.42.